The zero-order valence-electron chi connectivity index (χ0n) is 15.9. The smallest absolute Gasteiger partial charge is 0.151 e. The number of thiophene rings is 1. The van der Waals surface area contributed by atoms with Crippen molar-refractivity contribution in [1.82, 2.24) is 5.32 Å². The van der Waals surface area contributed by atoms with E-state index in [4.69, 9.17) is 0 Å². The van der Waals surface area contributed by atoms with Gasteiger partial charge in [0.05, 0.1) is 11.7 Å². The topological polar surface area (TPSA) is 44.4 Å². The van der Waals surface area contributed by atoms with E-state index in [1.54, 1.807) is 18.3 Å². The van der Waals surface area contributed by atoms with Gasteiger partial charge in [-0.3, -0.25) is 4.79 Å². The molecule has 2 aromatic rings. The minimum atomic E-state index is -0.122. The molecule has 5 heteroatoms. The first-order chi connectivity index (χ1) is 12.5. The molecule has 0 aliphatic carbocycles. The van der Waals surface area contributed by atoms with Crippen LogP contribution in [0.4, 0.5) is 11.4 Å². The van der Waals surface area contributed by atoms with Crippen molar-refractivity contribution in [3.63, 3.8) is 0 Å². The first-order valence-electron chi connectivity index (χ1n) is 9.44. The molecule has 0 spiro atoms. The highest BCUT2D eigenvalue weighted by Gasteiger charge is 2.18. The summed E-state index contributed by atoms with van der Waals surface area (Å²) in [5.41, 5.74) is 4.71. The maximum atomic E-state index is 12.0. The molecule has 2 N–H and O–H groups in total. The van der Waals surface area contributed by atoms with E-state index in [9.17, 15) is 4.79 Å². The average Bonchev–Trinajstić information content (AvgIpc) is 3.10. The highest BCUT2D eigenvalue weighted by atomic mass is 32.1. The summed E-state index contributed by atoms with van der Waals surface area (Å²) < 4.78 is 0. The maximum Gasteiger partial charge on any atom is 0.151 e. The molecule has 2 heterocycles. The first kappa shape index (κ1) is 18.9. The molecular formula is C21H29N3OS. The molecule has 3 rings (SSSR count). The van der Waals surface area contributed by atoms with Crippen molar-refractivity contribution in [2.24, 2.45) is 5.92 Å². The SMILES string of the molecule is CC(=O)[C@H](CC(C)C)Nc1cscc1-c1ccc(N2CCNCC2)cc1. The Morgan fingerprint density at radius 3 is 2.50 bits per heavy atom. The lowest BCUT2D eigenvalue weighted by Crippen LogP contribution is -2.43. The van der Waals surface area contributed by atoms with E-state index >= 15 is 0 Å². The van der Waals surface area contributed by atoms with Gasteiger partial charge in [-0.25, -0.2) is 0 Å². The van der Waals surface area contributed by atoms with Gasteiger partial charge in [-0.1, -0.05) is 26.0 Å². The summed E-state index contributed by atoms with van der Waals surface area (Å²) in [7, 11) is 0. The van der Waals surface area contributed by atoms with Crippen LogP contribution < -0.4 is 15.5 Å². The molecule has 0 unspecified atom stereocenters. The Hall–Kier alpha value is -1.85. The summed E-state index contributed by atoms with van der Waals surface area (Å²) >= 11 is 1.67. The van der Waals surface area contributed by atoms with Gasteiger partial charge in [-0.2, -0.15) is 0 Å². The molecule has 140 valence electrons. The maximum absolute atomic E-state index is 12.0. The van der Waals surface area contributed by atoms with Crippen LogP contribution in [0, 0.1) is 5.92 Å². The van der Waals surface area contributed by atoms with Gasteiger partial charge in [-0.05, 0) is 37.0 Å². The number of hydrogen-bond acceptors (Lipinski definition) is 5. The number of carbonyl (C=O) groups excluding carboxylic acids is 1. The Kier molecular flexibility index (Phi) is 6.33. The monoisotopic (exact) mass is 371 g/mol. The first-order valence-corrected chi connectivity index (χ1v) is 10.4. The van der Waals surface area contributed by atoms with Crippen LogP contribution in [0.3, 0.4) is 0 Å². The lowest BCUT2D eigenvalue weighted by atomic mass is 10.00. The molecule has 0 bridgehead atoms. The predicted molar refractivity (Wildman–Crippen MR) is 112 cm³/mol. The quantitative estimate of drug-likeness (QED) is 0.764. The van der Waals surface area contributed by atoms with Gasteiger partial charge in [-0.15, -0.1) is 11.3 Å². The molecule has 1 saturated heterocycles. The van der Waals surface area contributed by atoms with E-state index in [2.05, 4.69) is 64.4 Å². The van der Waals surface area contributed by atoms with Crippen molar-refractivity contribution >= 4 is 28.5 Å². The molecule has 1 aromatic heterocycles. The number of piperazine rings is 1. The molecule has 1 aliphatic heterocycles. The van der Waals surface area contributed by atoms with Crippen molar-refractivity contribution in [3.05, 3.63) is 35.0 Å². The van der Waals surface area contributed by atoms with Crippen LogP contribution in [-0.2, 0) is 4.79 Å². The Labute approximate surface area is 160 Å². The average molecular weight is 372 g/mol. The van der Waals surface area contributed by atoms with Crippen LogP contribution in [0.5, 0.6) is 0 Å². The fraction of sp³-hybridized carbons (Fsp3) is 0.476. The third-order valence-corrected chi connectivity index (χ3v) is 5.59. The van der Waals surface area contributed by atoms with Crippen molar-refractivity contribution in [3.8, 4) is 11.1 Å². The molecule has 0 amide bonds. The minimum absolute atomic E-state index is 0.122. The molecule has 1 fully saturated rings. The number of Topliss-reactive ketones (excluding diaryl/α,β-unsaturated/α-hetero) is 1. The number of nitrogens with zero attached hydrogens (tertiary/aromatic N) is 1. The van der Waals surface area contributed by atoms with Gasteiger partial charge < -0.3 is 15.5 Å². The largest absolute Gasteiger partial charge is 0.374 e. The molecule has 26 heavy (non-hydrogen) atoms. The summed E-state index contributed by atoms with van der Waals surface area (Å²) in [6, 6.07) is 8.67. The summed E-state index contributed by atoms with van der Waals surface area (Å²) in [6.45, 7) is 10.2. The van der Waals surface area contributed by atoms with Crippen molar-refractivity contribution < 1.29 is 4.79 Å². The lowest BCUT2D eigenvalue weighted by Gasteiger charge is -2.29. The Balaban J connectivity index is 1.76. The van der Waals surface area contributed by atoms with Gasteiger partial charge in [0.25, 0.3) is 0 Å². The summed E-state index contributed by atoms with van der Waals surface area (Å²) in [5, 5.41) is 11.1. The van der Waals surface area contributed by atoms with E-state index in [1.807, 2.05) is 0 Å². The van der Waals surface area contributed by atoms with Gasteiger partial charge in [0, 0.05) is 48.2 Å². The van der Waals surface area contributed by atoms with Crippen LogP contribution >= 0.6 is 11.3 Å². The second kappa shape index (κ2) is 8.69. The molecule has 1 aromatic carbocycles. The fourth-order valence-electron chi connectivity index (χ4n) is 3.39. The number of carbonyl (C=O) groups is 1. The second-order valence-corrected chi connectivity index (χ2v) is 8.16. The molecule has 4 nitrogen and oxygen atoms in total. The number of ketones is 1. The second-order valence-electron chi connectivity index (χ2n) is 7.42. The molecule has 0 saturated carbocycles. The summed E-state index contributed by atoms with van der Waals surface area (Å²) in [5.74, 6) is 0.682. The molecule has 1 atom stereocenters. The Morgan fingerprint density at radius 1 is 1.19 bits per heavy atom. The Bertz CT molecular complexity index is 717. The molecular weight excluding hydrogens is 342 g/mol. The van der Waals surface area contributed by atoms with E-state index in [0.29, 0.717) is 5.92 Å². The number of rotatable bonds is 7. The van der Waals surface area contributed by atoms with E-state index in [-0.39, 0.29) is 11.8 Å². The zero-order chi connectivity index (χ0) is 18.5. The van der Waals surface area contributed by atoms with E-state index in [1.165, 1.54) is 16.8 Å². The van der Waals surface area contributed by atoms with Crippen LogP contribution in [0.1, 0.15) is 27.2 Å². The normalized spacial score (nSPS) is 15.9. The minimum Gasteiger partial charge on any atom is -0.374 e. The standard InChI is InChI=1S/C21H29N3OS/c1-15(2)12-20(16(3)25)23-21-14-26-13-19(21)17-4-6-18(7-5-17)24-10-8-22-9-11-24/h4-7,13-15,20,22-23H,8-12H2,1-3H3/t20-/m0/s1. The number of nitrogens with one attached hydrogen (secondary N) is 2. The van der Waals surface area contributed by atoms with Gasteiger partial charge in [0.2, 0.25) is 0 Å². The molecule has 1 aliphatic rings. The summed E-state index contributed by atoms with van der Waals surface area (Å²) in [6.07, 6.45) is 0.854. The predicted octanol–water partition coefficient (Wildman–Crippen LogP) is 4.24. The third kappa shape index (κ3) is 4.65. The van der Waals surface area contributed by atoms with Crippen LogP contribution in [0.2, 0.25) is 0 Å². The Morgan fingerprint density at radius 2 is 1.88 bits per heavy atom. The highest BCUT2D eigenvalue weighted by molar-refractivity contribution is 7.08. The van der Waals surface area contributed by atoms with Crippen LogP contribution in [-0.4, -0.2) is 38.0 Å². The zero-order valence-corrected chi connectivity index (χ0v) is 16.7. The van der Waals surface area contributed by atoms with Gasteiger partial charge >= 0.3 is 0 Å². The molecule has 0 radical (unpaired) electrons. The van der Waals surface area contributed by atoms with E-state index in [0.717, 1.165) is 38.3 Å². The van der Waals surface area contributed by atoms with Crippen molar-refractivity contribution in [1.29, 1.82) is 0 Å². The van der Waals surface area contributed by atoms with Crippen molar-refractivity contribution in [2.45, 2.75) is 33.2 Å². The number of hydrogen-bond donors (Lipinski definition) is 2. The lowest BCUT2D eigenvalue weighted by molar-refractivity contribution is -0.118. The number of benzene rings is 1. The fourth-order valence-corrected chi connectivity index (χ4v) is 4.19. The summed E-state index contributed by atoms with van der Waals surface area (Å²) in [4.78, 5) is 14.4. The van der Waals surface area contributed by atoms with E-state index < -0.39 is 0 Å². The van der Waals surface area contributed by atoms with Gasteiger partial charge in [0.1, 0.15) is 0 Å². The highest BCUT2D eigenvalue weighted by Crippen LogP contribution is 2.34. The number of anilines is 2. The third-order valence-electron chi connectivity index (χ3n) is 4.85. The van der Waals surface area contributed by atoms with Crippen LogP contribution in [0.25, 0.3) is 11.1 Å². The van der Waals surface area contributed by atoms with Crippen molar-refractivity contribution in [2.75, 3.05) is 36.4 Å². The van der Waals surface area contributed by atoms with Crippen LogP contribution in [0.15, 0.2) is 35.0 Å². The van der Waals surface area contributed by atoms with Gasteiger partial charge in [0.15, 0.2) is 5.78 Å².